The fourth-order valence-corrected chi connectivity index (χ4v) is 8.78. The van der Waals surface area contributed by atoms with E-state index in [2.05, 4.69) is 147 Å². The molecule has 1 aliphatic carbocycles. The summed E-state index contributed by atoms with van der Waals surface area (Å²) in [5.41, 5.74) is 12.0. The molecule has 4 aromatic rings. The second-order valence-electron chi connectivity index (χ2n) is 22.2. The molecule has 10 bridgehead atoms. The standard InChI is InChI=1S/C55H75N3O6/c1-52(2,3)42-24-34-20-38-28-44(54(7,8)9)30-40-22-36-26-43(53(4,5)6)27-37(49(36)62-15)23-41-31-45(55(10,11)12)29-39(21-35(25-42)48(34)61-14)51(41)64-33-47(60)57-17-19-58(13)18-16-56-46(59)32-63-50(38)40/h24-31H,16-23,32-33H2,1-15H3,(H,56,59)(H,57,60). The summed E-state index contributed by atoms with van der Waals surface area (Å²) in [4.78, 5) is 29.3. The van der Waals surface area contributed by atoms with Gasteiger partial charge in [0.25, 0.3) is 11.8 Å². The van der Waals surface area contributed by atoms with E-state index in [4.69, 9.17) is 18.9 Å². The first-order chi connectivity index (χ1) is 29.8. The normalized spacial score (nSPS) is 16.2. The number of benzene rings is 4. The third kappa shape index (κ3) is 11.4. The fourth-order valence-electron chi connectivity index (χ4n) is 8.78. The third-order valence-corrected chi connectivity index (χ3v) is 12.7. The summed E-state index contributed by atoms with van der Waals surface area (Å²) < 4.78 is 26.6. The van der Waals surface area contributed by atoms with Crippen molar-refractivity contribution in [3.05, 3.63) is 115 Å². The second-order valence-corrected chi connectivity index (χ2v) is 22.2. The predicted octanol–water partition coefficient (Wildman–Crippen LogP) is 9.51. The van der Waals surface area contributed by atoms with Gasteiger partial charge < -0.3 is 34.5 Å². The smallest absolute Gasteiger partial charge is 0.257 e. The summed E-state index contributed by atoms with van der Waals surface area (Å²) in [5.74, 6) is 2.61. The molecular weight excluding hydrogens is 799 g/mol. The molecule has 0 radical (unpaired) electrons. The van der Waals surface area contributed by atoms with Crippen LogP contribution in [0.4, 0.5) is 0 Å². The van der Waals surface area contributed by atoms with Crippen molar-refractivity contribution in [3.63, 3.8) is 0 Å². The summed E-state index contributed by atoms with van der Waals surface area (Å²) in [6.07, 6.45) is 2.00. The molecule has 6 rings (SSSR count). The van der Waals surface area contributed by atoms with Crippen LogP contribution >= 0.6 is 0 Å². The van der Waals surface area contributed by atoms with Crippen LogP contribution in [0.15, 0.2) is 48.5 Å². The number of likely N-dealkylation sites (N-methyl/N-ethyl adjacent to an activating group) is 1. The van der Waals surface area contributed by atoms with Crippen molar-refractivity contribution in [3.8, 4) is 23.0 Å². The zero-order chi connectivity index (χ0) is 46.9. The van der Waals surface area contributed by atoms with E-state index in [0.717, 1.165) is 56.0 Å². The van der Waals surface area contributed by atoms with Crippen LogP contribution in [0.3, 0.4) is 0 Å². The van der Waals surface area contributed by atoms with Gasteiger partial charge in [-0.15, -0.1) is 0 Å². The highest BCUT2D eigenvalue weighted by atomic mass is 16.5. The largest absolute Gasteiger partial charge is 0.496 e. The van der Waals surface area contributed by atoms with E-state index in [1.807, 2.05) is 7.05 Å². The first kappa shape index (κ1) is 48.4. The van der Waals surface area contributed by atoms with E-state index >= 15 is 0 Å². The van der Waals surface area contributed by atoms with E-state index < -0.39 is 0 Å². The summed E-state index contributed by atoms with van der Waals surface area (Å²) in [6.45, 7) is 28.7. The van der Waals surface area contributed by atoms with Gasteiger partial charge in [-0.3, -0.25) is 9.59 Å². The van der Waals surface area contributed by atoms with Gasteiger partial charge in [-0.1, -0.05) is 132 Å². The Morgan fingerprint density at radius 2 is 0.703 bits per heavy atom. The summed E-state index contributed by atoms with van der Waals surface area (Å²) in [6, 6.07) is 18.2. The number of hydrogen-bond acceptors (Lipinski definition) is 7. The van der Waals surface area contributed by atoms with Crippen molar-refractivity contribution >= 4 is 11.8 Å². The van der Waals surface area contributed by atoms with E-state index in [9.17, 15) is 9.59 Å². The Morgan fingerprint density at radius 1 is 0.453 bits per heavy atom. The lowest BCUT2D eigenvalue weighted by Crippen LogP contribution is -2.39. The highest BCUT2D eigenvalue weighted by molar-refractivity contribution is 5.78. The van der Waals surface area contributed by atoms with Gasteiger partial charge in [-0.2, -0.15) is 0 Å². The average molecular weight is 874 g/mol. The van der Waals surface area contributed by atoms with Gasteiger partial charge in [-0.05, 0) is 95.5 Å². The van der Waals surface area contributed by atoms with Crippen molar-refractivity contribution in [2.75, 3.05) is 60.7 Å². The Hall–Kier alpha value is -5.02. The second kappa shape index (κ2) is 18.8. The molecule has 64 heavy (non-hydrogen) atoms. The molecule has 346 valence electrons. The lowest BCUT2D eigenvalue weighted by atomic mass is 9.79. The van der Waals surface area contributed by atoms with E-state index in [1.165, 1.54) is 22.3 Å². The van der Waals surface area contributed by atoms with Crippen LogP contribution in [-0.2, 0) is 56.9 Å². The van der Waals surface area contributed by atoms with Gasteiger partial charge in [0.2, 0.25) is 0 Å². The number of methoxy groups -OCH3 is 2. The molecule has 4 aromatic carbocycles. The first-order valence-electron chi connectivity index (χ1n) is 23.1. The number of carbonyl (C=O) groups excluding carboxylic acids is 2. The zero-order valence-corrected chi connectivity index (χ0v) is 41.6. The molecule has 1 heterocycles. The third-order valence-electron chi connectivity index (χ3n) is 12.7. The zero-order valence-electron chi connectivity index (χ0n) is 41.6. The van der Waals surface area contributed by atoms with Gasteiger partial charge in [-0.25, -0.2) is 0 Å². The molecule has 0 spiro atoms. The monoisotopic (exact) mass is 874 g/mol. The van der Waals surface area contributed by atoms with E-state index in [-0.39, 0.29) is 46.7 Å². The molecule has 9 heteroatoms. The number of ether oxygens (including phenoxy) is 4. The van der Waals surface area contributed by atoms with Crippen LogP contribution in [0.5, 0.6) is 23.0 Å². The fraction of sp³-hybridized carbons (Fsp3) is 0.527. The molecule has 2 amide bonds. The number of rotatable bonds is 2. The number of nitrogens with one attached hydrogen (secondary N) is 2. The number of carbonyl (C=O) groups is 2. The van der Waals surface area contributed by atoms with Gasteiger partial charge in [0.1, 0.15) is 23.0 Å². The van der Waals surface area contributed by atoms with Crippen LogP contribution in [0.2, 0.25) is 0 Å². The maximum atomic E-state index is 13.6. The van der Waals surface area contributed by atoms with Crippen LogP contribution in [0.25, 0.3) is 0 Å². The van der Waals surface area contributed by atoms with Crippen LogP contribution < -0.4 is 29.6 Å². The molecule has 0 unspecified atom stereocenters. The Labute approximate surface area is 384 Å². The quantitative estimate of drug-likeness (QED) is 0.183. The molecule has 2 aliphatic rings. The van der Waals surface area contributed by atoms with Crippen LogP contribution in [0.1, 0.15) is 150 Å². The lowest BCUT2D eigenvalue weighted by Gasteiger charge is -2.29. The van der Waals surface area contributed by atoms with Gasteiger partial charge >= 0.3 is 0 Å². The molecule has 0 fully saturated rings. The summed E-state index contributed by atoms with van der Waals surface area (Å²) in [5, 5.41) is 6.14. The van der Waals surface area contributed by atoms with Crippen molar-refractivity contribution in [1.82, 2.24) is 15.5 Å². The maximum absolute atomic E-state index is 13.6. The molecule has 0 saturated carbocycles. The minimum absolute atomic E-state index is 0.142. The van der Waals surface area contributed by atoms with Crippen molar-refractivity contribution in [2.24, 2.45) is 0 Å². The van der Waals surface area contributed by atoms with Crippen molar-refractivity contribution in [1.29, 1.82) is 0 Å². The molecule has 0 atom stereocenters. The number of nitrogens with zero attached hydrogens (tertiary/aromatic N) is 1. The van der Waals surface area contributed by atoms with Crippen molar-refractivity contribution in [2.45, 2.75) is 130 Å². The van der Waals surface area contributed by atoms with Crippen LogP contribution in [0, 0.1) is 0 Å². The Bertz CT molecular complexity index is 2110. The lowest BCUT2D eigenvalue weighted by molar-refractivity contribution is -0.123. The minimum Gasteiger partial charge on any atom is -0.496 e. The first-order valence-corrected chi connectivity index (χ1v) is 23.1. The molecule has 0 aromatic heterocycles. The maximum Gasteiger partial charge on any atom is 0.257 e. The highest BCUT2D eigenvalue weighted by Gasteiger charge is 2.29. The number of amides is 2. The predicted molar refractivity (Wildman–Crippen MR) is 259 cm³/mol. The molecule has 1 aliphatic heterocycles. The van der Waals surface area contributed by atoms with Gasteiger partial charge in [0.15, 0.2) is 13.2 Å². The Balaban J connectivity index is 1.77. The topological polar surface area (TPSA) is 98.4 Å². The molecule has 0 saturated heterocycles. The average Bonchev–Trinajstić information content (AvgIpc) is 3.17. The van der Waals surface area contributed by atoms with E-state index in [0.29, 0.717) is 63.4 Å². The van der Waals surface area contributed by atoms with Gasteiger partial charge in [0, 0.05) is 51.9 Å². The van der Waals surface area contributed by atoms with Crippen molar-refractivity contribution < 1.29 is 28.5 Å². The summed E-state index contributed by atoms with van der Waals surface area (Å²) in [7, 11) is 5.49. The number of fused-ring (bicyclic) bond motifs is 2. The minimum atomic E-state index is -0.198. The van der Waals surface area contributed by atoms with Crippen LogP contribution in [-0.4, -0.2) is 77.4 Å². The number of hydrogen-bond donors (Lipinski definition) is 2. The summed E-state index contributed by atoms with van der Waals surface area (Å²) >= 11 is 0. The SMILES string of the molecule is COc1c2cc(C(C)(C)C)cc1Cc1cc(C(C)(C)C)cc3c1OCC(=O)NCCN(C)CCNC(=O)COc1c(cc(C(C)(C)C)cc1Cc1cc(C(C)(C)C)cc(c1OC)C3)C2. The van der Waals surface area contributed by atoms with E-state index in [1.54, 1.807) is 14.2 Å². The molecule has 9 nitrogen and oxygen atoms in total. The Morgan fingerprint density at radius 3 is 0.938 bits per heavy atom. The molecule has 2 N–H and O–H groups in total. The Kier molecular flexibility index (Phi) is 14.3. The molecular formula is C55H75N3O6. The highest BCUT2D eigenvalue weighted by Crippen LogP contribution is 2.44. The van der Waals surface area contributed by atoms with Gasteiger partial charge in [0.05, 0.1) is 14.2 Å².